The van der Waals surface area contributed by atoms with E-state index in [0.717, 1.165) is 18.9 Å². The van der Waals surface area contributed by atoms with Crippen LogP contribution in [0.2, 0.25) is 0 Å². The van der Waals surface area contributed by atoms with Gasteiger partial charge in [0.1, 0.15) is 5.75 Å². The first-order valence-corrected chi connectivity index (χ1v) is 6.67. The molecule has 1 aromatic heterocycles. The van der Waals surface area contributed by atoms with Crippen LogP contribution in [0, 0.1) is 0 Å². The van der Waals surface area contributed by atoms with Crippen LogP contribution in [0.25, 0.3) is 10.9 Å². The van der Waals surface area contributed by atoms with Crippen LogP contribution in [0.4, 0.5) is 0 Å². The van der Waals surface area contributed by atoms with Gasteiger partial charge in [-0.25, -0.2) is 0 Å². The second kappa shape index (κ2) is 4.16. The zero-order valence-electron chi connectivity index (χ0n) is 10.6. The Balaban J connectivity index is 1.70. The zero-order chi connectivity index (χ0) is 12.7. The van der Waals surface area contributed by atoms with Gasteiger partial charge in [-0.15, -0.1) is 0 Å². The molecular formula is C17H15NO. The van der Waals surface area contributed by atoms with E-state index < -0.39 is 0 Å². The lowest BCUT2D eigenvalue weighted by atomic mass is 10.0. The van der Waals surface area contributed by atoms with Crippen LogP contribution in [0.1, 0.15) is 11.5 Å². The Kier molecular flexibility index (Phi) is 2.34. The molecule has 1 aliphatic heterocycles. The monoisotopic (exact) mass is 249 g/mol. The Morgan fingerprint density at radius 3 is 2.84 bits per heavy atom. The third-order valence-corrected chi connectivity index (χ3v) is 3.90. The average molecular weight is 249 g/mol. The van der Waals surface area contributed by atoms with Gasteiger partial charge in [-0.3, -0.25) is 0 Å². The molecule has 0 amide bonds. The maximum absolute atomic E-state index is 5.76. The lowest BCUT2D eigenvalue weighted by Gasteiger charge is -2.11. The molecule has 1 atom stereocenters. The lowest BCUT2D eigenvalue weighted by Crippen LogP contribution is -2.09. The molecule has 4 rings (SSSR count). The van der Waals surface area contributed by atoms with Crippen molar-refractivity contribution in [2.45, 2.75) is 12.5 Å². The van der Waals surface area contributed by atoms with E-state index in [0.29, 0.717) is 5.92 Å². The van der Waals surface area contributed by atoms with Gasteiger partial charge in [0.05, 0.1) is 6.61 Å². The predicted octanol–water partition coefficient (Wildman–Crippen LogP) is 3.82. The van der Waals surface area contributed by atoms with Crippen LogP contribution >= 0.6 is 0 Å². The normalized spacial score (nSPS) is 17.4. The smallest absolute Gasteiger partial charge is 0.122 e. The molecule has 0 saturated carbocycles. The number of rotatable bonds is 2. The highest BCUT2D eigenvalue weighted by Crippen LogP contribution is 2.35. The highest BCUT2D eigenvalue weighted by atomic mass is 16.5. The first kappa shape index (κ1) is 10.7. The molecule has 2 aromatic carbocycles. The summed E-state index contributed by atoms with van der Waals surface area (Å²) in [6.45, 7) is 1.76. The number of hydrogen-bond acceptors (Lipinski definition) is 1. The Hall–Kier alpha value is -2.22. The summed E-state index contributed by atoms with van der Waals surface area (Å²) in [6.07, 6.45) is 2.17. The number of hydrogen-bond donors (Lipinski definition) is 0. The lowest BCUT2D eigenvalue weighted by molar-refractivity contribution is 0.320. The van der Waals surface area contributed by atoms with Gasteiger partial charge in [0.25, 0.3) is 0 Å². The van der Waals surface area contributed by atoms with Crippen molar-refractivity contribution in [2.75, 3.05) is 6.61 Å². The Morgan fingerprint density at radius 1 is 1.00 bits per heavy atom. The standard InChI is InChI=1S/C17H15NO/c1-3-7-16-13(5-1)9-10-18(16)11-14-12-19-17-8-4-2-6-15(14)17/h1-10,14H,11-12H2. The molecule has 0 radical (unpaired) electrons. The van der Waals surface area contributed by atoms with Gasteiger partial charge in [0.15, 0.2) is 0 Å². The molecule has 2 heteroatoms. The molecule has 0 fully saturated rings. The highest BCUT2D eigenvalue weighted by Gasteiger charge is 2.24. The van der Waals surface area contributed by atoms with Crippen LogP contribution in [-0.4, -0.2) is 11.2 Å². The third kappa shape index (κ3) is 1.72. The van der Waals surface area contributed by atoms with E-state index in [2.05, 4.69) is 59.3 Å². The van der Waals surface area contributed by atoms with E-state index in [1.54, 1.807) is 0 Å². The first-order chi connectivity index (χ1) is 9.42. The number of aromatic nitrogens is 1. The van der Waals surface area contributed by atoms with Crippen LogP contribution in [-0.2, 0) is 6.54 Å². The van der Waals surface area contributed by atoms with Gasteiger partial charge in [-0.2, -0.15) is 0 Å². The summed E-state index contributed by atoms with van der Waals surface area (Å²) in [5, 5.41) is 1.30. The van der Waals surface area contributed by atoms with E-state index in [1.165, 1.54) is 16.5 Å². The third-order valence-electron chi connectivity index (χ3n) is 3.90. The summed E-state index contributed by atoms with van der Waals surface area (Å²) in [5.74, 6) is 1.50. The summed E-state index contributed by atoms with van der Waals surface area (Å²) in [5.41, 5.74) is 2.63. The number of fused-ring (bicyclic) bond motifs is 2. The largest absolute Gasteiger partial charge is 0.493 e. The number of ether oxygens (including phenoxy) is 1. The minimum absolute atomic E-state index is 0.451. The molecule has 19 heavy (non-hydrogen) atoms. The molecule has 94 valence electrons. The summed E-state index contributed by atoms with van der Waals surface area (Å²) in [4.78, 5) is 0. The average Bonchev–Trinajstić information content (AvgIpc) is 3.05. The van der Waals surface area contributed by atoms with Crippen LogP contribution in [0.15, 0.2) is 60.8 Å². The fourth-order valence-electron chi connectivity index (χ4n) is 2.92. The van der Waals surface area contributed by atoms with Crippen molar-refractivity contribution in [1.82, 2.24) is 4.57 Å². The molecular weight excluding hydrogens is 234 g/mol. The Bertz CT molecular complexity index is 729. The quantitative estimate of drug-likeness (QED) is 0.673. The fourth-order valence-corrected chi connectivity index (χ4v) is 2.92. The Labute approximate surface area is 112 Å². The molecule has 0 spiro atoms. The van der Waals surface area contributed by atoms with Gasteiger partial charge in [-0.05, 0) is 23.6 Å². The van der Waals surface area contributed by atoms with Crippen LogP contribution in [0.3, 0.4) is 0 Å². The van der Waals surface area contributed by atoms with E-state index in [1.807, 2.05) is 6.07 Å². The van der Waals surface area contributed by atoms with Crippen molar-refractivity contribution in [1.29, 1.82) is 0 Å². The maximum atomic E-state index is 5.76. The van der Waals surface area contributed by atoms with Crippen molar-refractivity contribution in [3.63, 3.8) is 0 Å². The zero-order valence-corrected chi connectivity index (χ0v) is 10.6. The van der Waals surface area contributed by atoms with Gasteiger partial charge < -0.3 is 9.30 Å². The van der Waals surface area contributed by atoms with Crippen molar-refractivity contribution in [3.8, 4) is 5.75 Å². The first-order valence-electron chi connectivity index (χ1n) is 6.67. The minimum atomic E-state index is 0.451. The summed E-state index contributed by atoms with van der Waals surface area (Å²) in [7, 11) is 0. The van der Waals surface area contributed by atoms with E-state index in [9.17, 15) is 0 Å². The molecule has 0 bridgehead atoms. The summed E-state index contributed by atoms with van der Waals surface area (Å²) >= 11 is 0. The van der Waals surface area contributed by atoms with Gasteiger partial charge in [-0.1, -0.05) is 36.4 Å². The van der Waals surface area contributed by atoms with Gasteiger partial charge in [0, 0.05) is 29.7 Å². The van der Waals surface area contributed by atoms with E-state index in [-0.39, 0.29) is 0 Å². The van der Waals surface area contributed by atoms with E-state index in [4.69, 9.17) is 4.74 Å². The second-order valence-electron chi connectivity index (χ2n) is 5.07. The van der Waals surface area contributed by atoms with Gasteiger partial charge in [0.2, 0.25) is 0 Å². The molecule has 0 aliphatic carbocycles. The van der Waals surface area contributed by atoms with Crippen molar-refractivity contribution in [3.05, 3.63) is 66.4 Å². The Morgan fingerprint density at radius 2 is 1.84 bits per heavy atom. The second-order valence-corrected chi connectivity index (χ2v) is 5.07. The SMILES string of the molecule is c1ccc2c(c1)OCC2Cn1ccc2ccccc21. The topological polar surface area (TPSA) is 14.2 Å². The molecule has 0 N–H and O–H groups in total. The van der Waals surface area contributed by atoms with Crippen molar-refractivity contribution in [2.24, 2.45) is 0 Å². The molecule has 2 nitrogen and oxygen atoms in total. The number of benzene rings is 2. The van der Waals surface area contributed by atoms with E-state index >= 15 is 0 Å². The highest BCUT2D eigenvalue weighted by molar-refractivity contribution is 5.79. The molecule has 3 aromatic rings. The van der Waals surface area contributed by atoms with Crippen molar-refractivity contribution >= 4 is 10.9 Å². The minimum Gasteiger partial charge on any atom is -0.493 e. The molecule has 2 heterocycles. The molecule has 0 saturated heterocycles. The van der Waals surface area contributed by atoms with Crippen molar-refractivity contribution < 1.29 is 4.74 Å². The maximum Gasteiger partial charge on any atom is 0.122 e. The fraction of sp³-hybridized carbons (Fsp3) is 0.176. The predicted molar refractivity (Wildman–Crippen MR) is 76.6 cm³/mol. The number of para-hydroxylation sites is 2. The summed E-state index contributed by atoms with van der Waals surface area (Å²) in [6, 6.07) is 19.1. The summed E-state index contributed by atoms with van der Waals surface area (Å²) < 4.78 is 8.08. The number of nitrogens with zero attached hydrogens (tertiary/aromatic N) is 1. The van der Waals surface area contributed by atoms with Gasteiger partial charge >= 0.3 is 0 Å². The van der Waals surface area contributed by atoms with Crippen LogP contribution in [0.5, 0.6) is 5.75 Å². The van der Waals surface area contributed by atoms with Crippen LogP contribution < -0.4 is 4.74 Å². The molecule has 1 unspecified atom stereocenters. The molecule has 1 aliphatic rings.